The molecule has 1 N–H and O–H groups in total. The monoisotopic (exact) mass is 569 g/mol. The second-order valence-corrected chi connectivity index (χ2v) is 11.0. The molecule has 9 heteroatoms. The fourth-order valence-corrected chi connectivity index (χ4v) is 5.28. The lowest BCUT2D eigenvalue weighted by molar-refractivity contribution is -0.121. The quantitative estimate of drug-likeness (QED) is 0.221. The maximum Gasteiger partial charge on any atom is 0.255 e. The Hall–Kier alpha value is -3.04. The van der Waals surface area contributed by atoms with Gasteiger partial charge in [-0.25, -0.2) is 13.8 Å². The van der Waals surface area contributed by atoms with Crippen molar-refractivity contribution in [3.8, 4) is 0 Å². The van der Waals surface area contributed by atoms with E-state index in [9.17, 15) is 13.2 Å². The molecule has 0 heterocycles. The average molecular weight is 571 g/mol. The predicted molar refractivity (Wildman–Crippen MR) is 143 cm³/mol. The Morgan fingerprint density at radius 1 is 0.943 bits per heavy atom. The van der Waals surface area contributed by atoms with Crippen LogP contribution in [0.1, 0.15) is 11.1 Å². The number of carbonyl (C=O) groups is 1. The topological polar surface area (TPSA) is 78.8 Å². The van der Waals surface area contributed by atoms with Gasteiger partial charge >= 0.3 is 0 Å². The van der Waals surface area contributed by atoms with Crippen LogP contribution in [-0.4, -0.2) is 31.4 Å². The molecule has 178 valence electrons. The lowest BCUT2D eigenvalue weighted by Crippen LogP contribution is -2.39. The number of carbonyl (C=O) groups excluding carboxylic acids is 1. The summed E-state index contributed by atoms with van der Waals surface area (Å²) in [5, 5.41) is 6.53. The van der Waals surface area contributed by atoms with Crippen LogP contribution in [0.2, 0.25) is 5.02 Å². The zero-order chi connectivity index (χ0) is 24.8. The summed E-state index contributed by atoms with van der Waals surface area (Å²) in [5.41, 5.74) is 4.02. The number of hydrogen-bond donors (Lipinski definition) is 1. The molecular formula is C26H21BrClN3O3S. The van der Waals surface area contributed by atoms with E-state index in [1.165, 1.54) is 24.3 Å². The summed E-state index contributed by atoms with van der Waals surface area (Å²) in [6.07, 6.45) is 1.55. The molecule has 0 aliphatic carbocycles. The molecule has 0 radical (unpaired) electrons. The van der Waals surface area contributed by atoms with Crippen LogP contribution < -0.4 is 5.43 Å². The Morgan fingerprint density at radius 3 is 2.37 bits per heavy atom. The van der Waals surface area contributed by atoms with Gasteiger partial charge in [0.25, 0.3) is 5.91 Å². The fraction of sp³-hybridized carbons (Fsp3) is 0.0769. The van der Waals surface area contributed by atoms with Crippen molar-refractivity contribution in [2.45, 2.75) is 11.4 Å². The number of amides is 1. The van der Waals surface area contributed by atoms with E-state index in [1.807, 2.05) is 54.6 Å². The molecule has 0 fully saturated rings. The fourth-order valence-electron chi connectivity index (χ4n) is 3.51. The number of sulfonamides is 1. The Balaban J connectivity index is 1.53. The Morgan fingerprint density at radius 2 is 1.63 bits per heavy atom. The molecule has 0 aromatic heterocycles. The van der Waals surface area contributed by atoms with Gasteiger partial charge in [0, 0.05) is 21.6 Å². The third kappa shape index (κ3) is 6.35. The van der Waals surface area contributed by atoms with Crippen molar-refractivity contribution in [2.24, 2.45) is 5.10 Å². The van der Waals surface area contributed by atoms with Gasteiger partial charge in [-0.15, -0.1) is 0 Å². The van der Waals surface area contributed by atoms with Crippen LogP contribution >= 0.6 is 27.5 Å². The van der Waals surface area contributed by atoms with E-state index in [0.717, 1.165) is 30.7 Å². The number of rotatable bonds is 8. The number of nitrogens with zero attached hydrogens (tertiary/aromatic N) is 2. The van der Waals surface area contributed by atoms with Crippen molar-refractivity contribution in [1.82, 2.24) is 9.73 Å². The van der Waals surface area contributed by atoms with Gasteiger partial charge in [-0.1, -0.05) is 82.1 Å². The van der Waals surface area contributed by atoms with Crippen LogP contribution in [0.5, 0.6) is 0 Å². The highest BCUT2D eigenvalue weighted by Crippen LogP contribution is 2.21. The van der Waals surface area contributed by atoms with Crippen LogP contribution in [0, 0.1) is 0 Å². The van der Waals surface area contributed by atoms with Crippen molar-refractivity contribution >= 4 is 60.4 Å². The van der Waals surface area contributed by atoms with Crippen molar-refractivity contribution in [2.75, 3.05) is 6.54 Å². The van der Waals surface area contributed by atoms with Gasteiger partial charge in [0.15, 0.2) is 0 Å². The number of hydrogen-bond acceptors (Lipinski definition) is 4. The summed E-state index contributed by atoms with van der Waals surface area (Å²) in [4.78, 5) is 12.8. The third-order valence-corrected chi connectivity index (χ3v) is 7.85. The molecule has 35 heavy (non-hydrogen) atoms. The van der Waals surface area contributed by atoms with Gasteiger partial charge in [0.05, 0.1) is 17.7 Å². The van der Waals surface area contributed by atoms with E-state index in [2.05, 4.69) is 26.5 Å². The maximum absolute atomic E-state index is 13.3. The highest BCUT2D eigenvalue weighted by molar-refractivity contribution is 9.10. The molecule has 0 bridgehead atoms. The molecule has 0 spiro atoms. The van der Waals surface area contributed by atoms with Crippen molar-refractivity contribution in [3.05, 3.63) is 112 Å². The third-order valence-electron chi connectivity index (χ3n) is 5.26. The molecule has 4 rings (SSSR count). The molecule has 0 saturated carbocycles. The minimum Gasteiger partial charge on any atom is -0.272 e. The minimum absolute atomic E-state index is 0.0126. The van der Waals surface area contributed by atoms with E-state index in [-0.39, 0.29) is 11.4 Å². The van der Waals surface area contributed by atoms with E-state index in [1.54, 1.807) is 18.3 Å². The molecule has 4 aromatic carbocycles. The lowest BCUT2D eigenvalue weighted by atomic mass is 10.1. The van der Waals surface area contributed by atoms with Crippen LogP contribution in [0.3, 0.4) is 0 Å². The highest BCUT2D eigenvalue weighted by atomic mass is 79.9. The van der Waals surface area contributed by atoms with Gasteiger partial charge in [-0.3, -0.25) is 4.79 Å². The molecule has 6 nitrogen and oxygen atoms in total. The molecule has 0 unspecified atom stereocenters. The first kappa shape index (κ1) is 25.1. The zero-order valence-electron chi connectivity index (χ0n) is 18.4. The molecular weight excluding hydrogens is 550 g/mol. The van der Waals surface area contributed by atoms with Crippen LogP contribution in [0.4, 0.5) is 0 Å². The minimum atomic E-state index is -3.98. The van der Waals surface area contributed by atoms with Crippen molar-refractivity contribution < 1.29 is 13.2 Å². The number of benzene rings is 4. The summed E-state index contributed by atoms with van der Waals surface area (Å²) in [5.74, 6) is -0.559. The number of fused-ring (bicyclic) bond motifs is 1. The van der Waals surface area contributed by atoms with Crippen LogP contribution in [0.25, 0.3) is 10.8 Å². The predicted octanol–water partition coefficient (Wildman–Crippen LogP) is 5.60. The van der Waals surface area contributed by atoms with E-state index in [0.29, 0.717) is 5.02 Å². The van der Waals surface area contributed by atoms with Crippen molar-refractivity contribution in [1.29, 1.82) is 0 Å². The van der Waals surface area contributed by atoms with E-state index in [4.69, 9.17) is 11.6 Å². The first-order chi connectivity index (χ1) is 16.8. The SMILES string of the molecule is O=C(CN(Cc1ccc(Br)cc1)S(=O)(=O)c1ccc(Cl)cc1)N/N=C\c1cccc2ccccc12. The Bertz CT molecular complexity index is 1470. The van der Waals surface area contributed by atoms with Gasteiger partial charge in [-0.05, 0) is 52.7 Å². The average Bonchev–Trinajstić information content (AvgIpc) is 2.85. The molecule has 0 atom stereocenters. The molecule has 0 saturated heterocycles. The van der Waals surface area contributed by atoms with Gasteiger partial charge in [-0.2, -0.15) is 9.41 Å². The maximum atomic E-state index is 13.3. The largest absolute Gasteiger partial charge is 0.272 e. The zero-order valence-corrected chi connectivity index (χ0v) is 21.6. The summed E-state index contributed by atoms with van der Waals surface area (Å²) >= 11 is 9.29. The smallest absolute Gasteiger partial charge is 0.255 e. The normalized spacial score (nSPS) is 11.9. The molecule has 4 aromatic rings. The molecule has 0 aliphatic rings. The van der Waals surface area contributed by atoms with Crippen molar-refractivity contribution in [3.63, 3.8) is 0 Å². The number of hydrazone groups is 1. The highest BCUT2D eigenvalue weighted by Gasteiger charge is 2.27. The Kier molecular flexibility index (Phi) is 7.97. The Labute approximate surface area is 217 Å². The summed E-state index contributed by atoms with van der Waals surface area (Å²) < 4.78 is 28.7. The van der Waals surface area contributed by atoms with Gasteiger partial charge in [0.2, 0.25) is 10.0 Å². The van der Waals surface area contributed by atoms with Gasteiger partial charge in [0.1, 0.15) is 0 Å². The second kappa shape index (κ2) is 11.1. The molecule has 1 amide bonds. The summed E-state index contributed by atoms with van der Waals surface area (Å²) in [6.45, 7) is -0.396. The second-order valence-electron chi connectivity index (χ2n) is 7.72. The summed E-state index contributed by atoms with van der Waals surface area (Å²) in [7, 11) is -3.98. The number of nitrogens with one attached hydrogen (secondary N) is 1. The molecule has 0 aliphatic heterocycles. The number of halogens is 2. The van der Waals surface area contributed by atoms with Crippen LogP contribution in [0.15, 0.2) is 105 Å². The first-order valence-electron chi connectivity index (χ1n) is 10.6. The summed E-state index contributed by atoms with van der Waals surface area (Å²) in [6, 6.07) is 26.7. The van der Waals surface area contributed by atoms with E-state index >= 15 is 0 Å². The first-order valence-corrected chi connectivity index (χ1v) is 13.2. The lowest BCUT2D eigenvalue weighted by Gasteiger charge is -2.21. The standard InChI is InChI=1S/C26H21BrClN3O3S/c27-22-10-8-19(9-11-22)17-31(35(33,34)24-14-12-23(28)13-15-24)18-26(32)30-29-16-21-6-3-5-20-4-1-2-7-25(20)21/h1-16H,17-18H2,(H,30,32)/b29-16-. The van der Waals surface area contributed by atoms with E-state index < -0.39 is 22.5 Å². The van der Waals surface area contributed by atoms with Crippen LogP contribution in [-0.2, 0) is 21.4 Å². The van der Waals surface area contributed by atoms with Gasteiger partial charge < -0.3 is 0 Å².